The van der Waals surface area contributed by atoms with Gasteiger partial charge in [-0.05, 0) is 42.7 Å². The highest BCUT2D eigenvalue weighted by atomic mass is 16.6. The molecule has 1 aromatic carbocycles. The molecule has 0 radical (unpaired) electrons. The number of hydrogen-bond acceptors (Lipinski definition) is 6. The van der Waals surface area contributed by atoms with E-state index in [0.717, 1.165) is 41.5 Å². The first-order valence-corrected chi connectivity index (χ1v) is 11.4. The molecule has 1 amide bonds. The Morgan fingerprint density at radius 1 is 1.16 bits per heavy atom. The average Bonchev–Trinajstić information content (AvgIpc) is 2.78. The normalized spacial score (nSPS) is 18.6. The fourth-order valence-electron chi connectivity index (χ4n) is 4.20. The molecule has 172 valence electrons. The Labute approximate surface area is 190 Å². The van der Waals surface area contributed by atoms with E-state index in [0.29, 0.717) is 45.4 Å². The molecule has 0 spiro atoms. The standard InChI is InChI=1S/C25H33N3O4/c1-18(2)14-28(15-20-7-8-22-23(13-20)32-12-11-31-22)25(29)24-17-27(9-10-30-24)16-21-6-4-5-19(3)26-21/h4-8,13,18,24H,9-12,14-17H2,1-3H3. The monoisotopic (exact) mass is 439 g/mol. The lowest BCUT2D eigenvalue weighted by atomic mass is 10.1. The Hall–Kier alpha value is -2.64. The fraction of sp³-hybridized carbons (Fsp3) is 0.520. The molecule has 0 N–H and O–H groups in total. The fourth-order valence-corrected chi connectivity index (χ4v) is 4.20. The van der Waals surface area contributed by atoms with Gasteiger partial charge in [0.15, 0.2) is 11.5 Å². The highest BCUT2D eigenvalue weighted by molar-refractivity contribution is 5.81. The molecular formula is C25H33N3O4. The first-order valence-electron chi connectivity index (χ1n) is 11.4. The van der Waals surface area contributed by atoms with E-state index in [9.17, 15) is 4.79 Å². The number of carbonyl (C=O) groups excluding carboxylic acids is 1. The summed E-state index contributed by atoms with van der Waals surface area (Å²) in [4.78, 5) is 22.3. The van der Waals surface area contributed by atoms with Gasteiger partial charge >= 0.3 is 0 Å². The van der Waals surface area contributed by atoms with Crippen molar-refractivity contribution in [2.24, 2.45) is 5.92 Å². The molecule has 4 rings (SSSR count). The molecule has 1 saturated heterocycles. The molecule has 0 saturated carbocycles. The van der Waals surface area contributed by atoms with Crippen LogP contribution in [0, 0.1) is 12.8 Å². The molecule has 2 aromatic rings. The molecule has 2 aliphatic rings. The van der Waals surface area contributed by atoms with Crippen LogP contribution in [-0.2, 0) is 22.6 Å². The van der Waals surface area contributed by atoms with Gasteiger partial charge < -0.3 is 19.1 Å². The summed E-state index contributed by atoms with van der Waals surface area (Å²) in [6.07, 6.45) is -0.468. The van der Waals surface area contributed by atoms with Crippen molar-refractivity contribution < 1.29 is 19.0 Å². The number of amides is 1. The van der Waals surface area contributed by atoms with Gasteiger partial charge in [-0.1, -0.05) is 26.0 Å². The van der Waals surface area contributed by atoms with E-state index in [1.807, 2.05) is 48.2 Å². The molecule has 7 nitrogen and oxygen atoms in total. The largest absolute Gasteiger partial charge is 0.486 e. The van der Waals surface area contributed by atoms with Crippen molar-refractivity contribution in [2.45, 2.75) is 40.0 Å². The second kappa shape index (κ2) is 10.3. The lowest BCUT2D eigenvalue weighted by Gasteiger charge is -2.35. The van der Waals surface area contributed by atoms with Crippen LogP contribution in [0.3, 0.4) is 0 Å². The van der Waals surface area contributed by atoms with Crippen molar-refractivity contribution in [1.29, 1.82) is 0 Å². The number of benzene rings is 1. The third-order valence-electron chi connectivity index (χ3n) is 5.63. The van der Waals surface area contributed by atoms with Crippen LogP contribution in [0.5, 0.6) is 11.5 Å². The summed E-state index contributed by atoms with van der Waals surface area (Å²) in [5, 5.41) is 0. The summed E-state index contributed by atoms with van der Waals surface area (Å²) in [6.45, 7) is 11.2. The van der Waals surface area contributed by atoms with Crippen LogP contribution in [0.15, 0.2) is 36.4 Å². The number of carbonyl (C=O) groups is 1. The van der Waals surface area contributed by atoms with E-state index < -0.39 is 6.10 Å². The minimum Gasteiger partial charge on any atom is -0.486 e. The molecule has 1 atom stereocenters. The molecule has 2 aliphatic heterocycles. The lowest BCUT2D eigenvalue weighted by Crippen LogP contribution is -2.51. The number of morpholine rings is 1. The number of rotatable bonds is 7. The SMILES string of the molecule is Cc1cccc(CN2CCOC(C(=O)N(Cc3ccc4c(c3)OCCO4)CC(C)C)C2)n1. The lowest BCUT2D eigenvalue weighted by molar-refractivity contribution is -0.151. The van der Waals surface area contributed by atoms with E-state index in [-0.39, 0.29) is 5.91 Å². The van der Waals surface area contributed by atoms with Gasteiger partial charge in [0.25, 0.3) is 5.91 Å². The molecule has 7 heteroatoms. The van der Waals surface area contributed by atoms with Crippen LogP contribution in [-0.4, -0.2) is 66.2 Å². The predicted molar refractivity (Wildman–Crippen MR) is 122 cm³/mol. The van der Waals surface area contributed by atoms with Crippen molar-refractivity contribution in [1.82, 2.24) is 14.8 Å². The van der Waals surface area contributed by atoms with Crippen LogP contribution in [0.4, 0.5) is 0 Å². The summed E-state index contributed by atoms with van der Waals surface area (Å²) in [7, 11) is 0. The molecular weight excluding hydrogens is 406 g/mol. The topological polar surface area (TPSA) is 64.1 Å². The van der Waals surface area contributed by atoms with E-state index >= 15 is 0 Å². The Morgan fingerprint density at radius 2 is 1.97 bits per heavy atom. The zero-order valence-corrected chi connectivity index (χ0v) is 19.3. The minimum atomic E-state index is -0.468. The summed E-state index contributed by atoms with van der Waals surface area (Å²) in [6, 6.07) is 12.0. The molecule has 32 heavy (non-hydrogen) atoms. The highest BCUT2D eigenvalue weighted by Gasteiger charge is 2.31. The Morgan fingerprint density at radius 3 is 2.75 bits per heavy atom. The molecule has 1 aromatic heterocycles. The number of aromatic nitrogens is 1. The third kappa shape index (κ3) is 5.78. The molecule has 0 bridgehead atoms. The smallest absolute Gasteiger partial charge is 0.253 e. The van der Waals surface area contributed by atoms with Crippen LogP contribution < -0.4 is 9.47 Å². The molecule has 3 heterocycles. The minimum absolute atomic E-state index is 0.0375. The number of ether oxygens (including phenoxy) is 3. The maximum atomic E-state index is 13.5. The van der Waals surface area contributed by atoms with E-state index in [1.165, 1.54) is 0 Å². The number of hydrogen-bond donors (Lipinski definition) is 0. The van der Waals surface area contributed by atoms with Crippen LogP contribution >= 0.6 is 0 Å². The van der Waals surface area contributed by atoms with Gasteiger partial charge in [0.2, 0.25) is 0 Å². The summed E-state index contributed by atoms with van der Waals surface area (Å²) < 4.78 is 17.3. The number of fused-ring (bicyclic) bond motifs is 1. The van der Waals surface area contributed by atoms with Gasteiger partial charge in [0.1, 0.15) is 19.3 Å². The summed E-state index contributed by atoms with van der Waals surface area (Å²) in [5.74, 6) is 1.90. The average molecular weight is 440 g/mol. The van der Waals surface area contributed by atoms with Gasteiger partial charge in [0, 0.05) is 38.4 Å². The van der Waals surface area contributed by atoms with Crippen LogP contribution in [0.25, 0.3) is 0 Å². The van der Waals surface area contributed by atoms with Gasteiger partial charge in [-0.25, -0.2) is 0 Å². The van der Waals surface area contributed by atoms with Gasteiger partial charge in [-0.3, -0.25) is 14.7 Å². The molecule has 0 aliphatic carbocycles. The predicted octanol–water partition coefficient (Wildman–Crippen LogP) is 3.05. The van der Waals surface area contributed by atoms with Crippen LogP contribution in [0.2, 0.25) is 0 Å². The molecule has 1 unspecified atom stereocenters. The Balaban J connectivity index is 1.43. The van der Waals surface area contributed by atoms with E-state index in [2.05, 4.69) is 23.7 Å². The Bertz CT molecular complexity index is 933. The van der Waals surface area contributed by atoms with Gasteiger partial charge in [0.05, 0.1) is 12.3 Å². The van der Waals surface area contributed by atoms with E-state index in [4.69, 9.17) is 14.2 Å². The number of aryl methyl sites for hydroxylation is 1. The van der Waals surface area contributed by atoms with Crippen molar-refractivity contribution in [3.8, 4) is 11.5 Å². The first-order chi connectivity index (χ1) is 15.5. The summed E-state index contributed by atoms with van der Waals surface area (Å²) >= 11 is 0. The quantitative estimate of drug-likeness (QED) is 0.661. The molecule has 1 fully saturated rings. The summed E-state index contributed by atoms with van der Waals surface area (Å²) in [5.41, 5.74) is 3.05. The first kappa shape index (κ1) is 22.6. The van der Waals surface area contributed by atoms with Crippen molar-refractivity contribution in [3.63, 3.8) is 0 Å². The Kier molecular flexibility index (Phi) is 7.27. The van der Waals surface area contributed by atoms with Gasteiger partial charge in [-0.2, -0.15) is 0 Å². The maximum absolute atomic E-state index is 13.5. The number of nitrogens with zero attached hydrogens (tertiary/aromatic N) is 3. The van der Waals surface area contributed by atoms with Crippen molar-refractivity contribution in [2.75, 3.05) is 39.5 Å². The van der Waals surface area contributed by atoms with Crippen molar-refractivity contribution in [3.05, 3.63) is 53.3 Å². The van der Waals surface area contributed by atoms with Gasteiger partial charge in [-0.15, -0.1) is 0 Å². The maximum Gasteiger partial charge on any atom is 0.253 e. The highest BCUT2D eigenvalue weighted by Crippen LogP contribution is 2.31. The zero-order valence-electron chi connectivity index (χ0n) is 19.3. The van der Waals surface area contributed by atoms with E-state index in [1.54, 1.807) is 0 Å². The second-order valence-corrected chi connectivity index (χ2v) is 8.96. The second-order valence-electron chi connectivity index (χ2n) is 8.96. The zero-order chi connectivity index (χ0) is 22.5. The van der Waals surface area contributed by atoms with Crippen molar-refractivity contribution >= 4 is 5.91 Å². The number of pyridine rings is 1. The van der Waals surface area contributed by atoms with Crippen LogP contribution in [0.1, 0.15) is 30.8 Å². The third-order valence-corrected chi connectivity index (χ3v) is 5.63.